The van der Waals surface area contributed by atoms with E-state index in [2.05, 4.69) is 0 Å². The highest BCUT2D eigenvalue weighted by molar-refractivity contribution is 7.99. The van der Waals surface area contributed by atoms with Gasteiger partial charge in [-0.05, 0) is 11.8 Å². The lowest BCUT2D eigenvalue weighted by atomic mass is 10.2. The number of aromatic carboxylic acids is 1. The first-order chi connectivity index (χ1) is 7.47. The van der Waals surface area contributed by atoms with Gasteiger partial charge in [0.05, 0.1) is 10.5 Å². The van der Waals surface area contributed by atoms with Gasteiger partial charge in [0.1, 0.15) is 5.69 Å². The molecule has 1 aromatic carbocycles. The lowest BCUT2D eigenvalue weighted by Gasteiger charge is -2.06. The molecule has 0 atom stereocenters. The molecule has 0 heterocycles. The van der Waals surface area contributed by atoms with Crippen molar-refractivity contribution >= 4 is 29.1 Å². The fourth-order valence-corrected chi connectivity index (χ4v) is 2.01. The topological polar surface area (TPSA) is 106 Å². The van der Waals surface area contributed by atoms with Gasteiger partial charge in [0, 0.05) is 11.0 Å². The maximum atomic E-state index is 10.9. The fraction of sp³-hybridized carbons (Fsp3) is 0.222. The Balaban J connectivity index is 3.36. The minimum absolute atomic E-state index is 0.0223. The number of carboxylic acids is 1. The molecule has 0 bridgehead atoms. The van der Waals surface area contributed by atoms with E-state index in [9.17, 15) is 14.9 Å². The lowest BCUT2D eigenvalue weighted by molar-refractivity contribution is -0.384. The van der Waals surface area contributed by atoms with Crippen LogP contribution in [0.25, 0.3) is 0 Å². The van der Waals surface area contributed by atoms with E-state index < -0.39 is 10.9 Å². The molecule has 0 aliphatic rings. The number of rotatable bonds is 4. The zero-order chi connectivity index (χ0) is 12.3. The number of thioether (sulfide) groups is 1. The third-order valence-corrected chi connectivity index (χ3v) is 2.79. The van der Waals surface area contributed by atoms with Gasteiger partial charge in [-0.25, -0.2) is 4.79 Å². The van der Waals surface area contributed by atoms with E-state index in [1.165, 1.54) is 17.8 Å². The second-order valence-electron chi connectivity index (χ2n) is 2.90. The van der Waals surface area contributed by atoms with Crippen LogP contribution >= 0.6 is 11.8 Å². The Kier molecular flexibility index (Phi) is 3.73. The second kappa shape index (κ2) is 4.84. The van der Waals surface area contributed by atoms with E-state index in [0.717, 1.165) is 6.07 Å². The van der Waals surface area contributed by atoms with Crippen molar-refractivity contribution in [3.63, 3.8) is 0 Å². The Bertz CT molecular complexity index is 447. The summed E-state index contributed by atoms with van der Waals surface area (Å²) in [5.41, 5.74) is 4.98. The van der Waals surface area contributed by atoms with Gasteiger partial charge < -0.3 is 10.8 Å². The number of nitrogens with two attached hydrogens (primary N) is 1. The van der Waals surface area contributed by atoms with Crippen LogP contribution in [0.5, 0.6) is 0 Å². The maximum Gasteiger partial charge on any atom is 0.337 e. The molecule has 1 rings (SSSR count). The number of hydrogen-bond donors (Lipinski definition) is 2. The van der Waals surface area contributed by atoms with Crippen LogP contribution in [0.2, 0.25) is 0 Å². The zero-order valence-electron chi connectivity index (χ0n) is 8.47. The largest absolute Gasteiger partial charge is 0.478 e. The average Bonchev–Trinajstić information content (AvgIpc) is 2.17. The van der Waals surface area contributed by atoms with Crippen LogP contribution in [0, 0.1) is 10.1 Å². The Morgan fingerprint density at radius 3 is 2.69 bits per heavy atom. The smallest absolute Gasteiger partial charge is 0.337 e. The van der Waals surface area contributed by atoms with Gasteiger partial charge in [0.25, 0.3) is 5.69 Å². The van der Waals surface area contributed by atoms with Crippen LogP contribution in [-0.4, -0.2) is 21.8 Å². The van der Waals surface area contributed by atoms with Crippen LogP contribution in [-0.2, 0) is 0 Å². The summed E-state index contributed by atoms with van der Waals surface area (Å²) in [5.74, 6) is -0.531. The maximum absolute atomic E-state index is 10.9. The molecule has 1 aromatic rings. The number of hydrogen-bond acceptors (Lipinski definition) is 5. The van der Waals surface area contributed by atoms with Crippen molar-refractivity contribution in [3.8, 4) is 0 Å². The van der Waals surface area contributed by atoms with Crippen LogP contribution < -0.4 is 5.73 Å². The van der Waals surface area contributed by atoms with Crippen LogP contribution in [0.3, 0.4) is 0 Å². The van der Waals surface area contributed by atoms with Crippen molar-refractivity contribution in [1.82, 2.24) is 0 Å². The van der Waals surface area contributed by atoms with Crippen molar-refractivity contribution in [3.05, 3.63) is 27.8 Å². The van der Waals surface area contributed by atoms with Crippen LogP contribution in [0.15, 0.2) is 17.0 Å². The number of carboxylic acid groups (broad SMARTS) is 1. The van der Waals surface area contributed by atoms with Gasteiger partial charge in [-0.15, -0.1) is 11.8 Å². The summed E-state index contributed by atoms with van der Waals surface area (Å²) in [6, 6.07) is 2.32. The summed E-state index contributed by atoms with van der Waals surface area (Å²) < 4.78 is 0. The van der Waals surface area contributed by atoms with Gasteiger partial charge >= 0.3 is 5.97 Å². The van der Waals surface area contributed by atoms with Crippen molar-refractivity contribution in [2.24, 2.45) is 0 Å². The molecular formula is C9H10N2O4S. The summed E-state index contributed by atoms with van der Waals surface area (Å²) in [4.78, 5) is 21.2. The fourth-order valence-electron chi connectivity index (χ4n) is 1.18. The molecule has 3 N–H and O–H groups in total. The van der Waals surface area contributed by atoms with E-state index in [1.807, 2.05) is 6.92 Å². The molecule has 0 saturated carbocycles. The summed E-state index contributed by atoms with van der Waals surface area (Å²) in [7, 11) is 0. The highest BCUT2D eigenvalue weighted by Gasteiger charge is 2.19. The SMILES string of the molecule is CCSc1cc(N)c([N+](=O)[O-])cc1C(=O)O. The molecule has 6 nitrogen and oxygen atoms in total. The van der Waals surface area contributed by atoms with Crippen LogP contribution in [0.4, 0.5) is 11.4 Å². The van der Waals surface area contributed by atoms with Crippen molar-refractivity contribution in [2.45, 2.75) is 11.8 Å². The standard InChI is InChI=1S/C9H10N2O4S/c1-2-16-8-4-6(10)7(11(14)15)3-5(8)9(12)13/h3-4H,2,10H2,1H3,(H,12,13). The lowest BCUT2D eigenvalue weighted by Crippen LogP contribution is -2.03. The first-order valence-corrected chi connectivity index (χ1v) is 5.40. The zero-order valence-corrected chi connectivity index (χ0v) is 9.28. The summed E-state index contributed by atoms with van der Waals surface area (Å²) in [6.07, 6.45) is 0. The van der Waals surface area contributed by atoms with Gasteiger partial charge in [-0.1, -0.05) is 6.92 Å². The number of nitro benzene ring substituents is 1. The third-order valence-electron chi connectivity index (χ3n) is 1.86. The number of nitrogen functional groups attached to an aromatic ring is 1. The van der Waals surface area contributed by atoms with E-state index >= 15 is 0 Å². The monoisotopic (exact) mass is 242 g/mol. The predicted molar refractivity (Wildman–Crippen MR) is 60.9 cm³/mol. The second-order valence-corrected chi connectivity index (χ2v) is 4.21. The molecule has 0 fully saturated rings. The molecule has 0 radical (unpaired) electrons. The number of anilines is 1. The molecule has 0 saturated heterocycles. The Labute approximate surface area is 95.6 Å². The number of nitrogens with zero attached hydrogens (tertiary/aromatic N) is 1. The molecule has 0 unspecified atom stereocenters. The molecule has 0 amide bonds. The Hall–Kier alpha value is -1.76. The van der Waals surface area contributed by atoms with Gasteiger partial charge in [-0.2, -0.15) is 0 Å². The molecule has 0 aromatic heterocycles. The predicted octanol–water partition coefficient (Wildman–Crippen LogP) is 1.99. The Morgan fingerprint density at radius 2 is 2.25 bits per heavy atom. The van der Waals surface area contributed by atoms with E-state index in [0.29, 0.717) is 10.6 Å². The first-order valence-electron chi connectivity index (χ1n) is 4.41. The molecule has 0 spiro atoms. The third kappa shape index (κ3) is 2.43. The minimum Gasteiger partial charge on any atom is -0.478 e. The Morgan fingerprint density at radius 1 is 1.62 bits per heavy atom. The van der Waals surface area contributed by atoms with Crippen molar-refractivity contribution in [1.29, 1.82) is 0 Å². The highest BCUT2D eigenvalue weighted by Crippen LogP contribution is 2.31. The van der Waals surface area contributed by atoms with Crippen molar-refractivity contribution in [2.75, 3.05) is 11.5 Å². The minimum atomic E-state index is -1.20. The van der Waals surface area contributed by atoms with E-state index in [4.69, 9.17) is 10.8 Å². The van der Waals surface area contributed by atoms with Gasteiger partial charge in [-0.3, -0.25) is 10.1 Å². The normalized spacial score (nSPS) is 10.1. The van der Waals surface area contributed by atoms with Crippen molar-refractivity contribution < 1.29 is 14.8 Å². The molecule has 86 valence electrons. The highest BCUT2D eigenvalue weighted by atomic mass is 32.2. The van der Waals surface area contributed by atoms with Crippen LogP contribution in [0.1, 0.15) is 17.3 Å². The first kappa shape index (κ1) is 12.3. The average molecular weight is 242 g/mol. The molecule has 0 aliphatic heterocycles. The van der Waals surface area contributed by atoms with Gasteiger partial charge in [0.2, 0.25) is 0 Å². The number of nitro groups is 1. The summed E-state index contributed by atoms with van der Waals surface area (Å²) in [5, 5.41) is 19.5. The number of carbonyl (C=O) groups is 1. The molecule has 16 heavy (non-hydrogen) atoms. The molecule has 7 heteroatoms. The molecule has 0 aliphatic carbocycles. The van der Waals surface area contributed by atoms with E-state index in [1.54, 1.807) is 0 Å². The quantitative estimate of drug-likeness (QED) is 0.362. The van der Waals surface area contributed by atoms with Gasteiger partial charge in [0.15, 0.2) is 0 Å². The molecular weight excluding hydrogens is 232 g/mol. The van der Waals surface area contributed by atoms with E-state index in [-0.39, 0.29) is 16.9 Å². The number of benzene rings is 1. The summed E-state index contributed by atoms with van der Waals surface area (Å²) >= 11 is 1.28. The summed E-state index contributed by atoms with van der Waals surface area (Å²) in [6.45, 7) is 1.86.